The number of nitrogens with zero attached hydrogens (tertiary/aromatic N) is 3. The lowest BCUT2D eigenvalue weighted by molar-refractivity contribution is -0.141. The molecule has 0 bridgehead atoms. The Kier molecular flexibility index (Phi) is 6.97. The Morgan fingerprint density at radius 2 is 1.96 bits per heavy atom. The van der Waals surface area contributed by atoms with E-state index in [1.807, 2.05) is 24.3 Å². The van der Waals surface area contributed by atoms with Crippen molar-refractivity contribution in [3.05, 3.63) is 52.8 Å². The van der Waals surface area contributed by atoms with Gasteiger partial charge in [-0.15, -0.1) is 0 Å². The first kappa shape index (κ1) is 20.3. The number of nitrogens with one attached hydrogen (secondary N) is 1. The lowest BCUT2D eigenvalue weighted by atomic mass is 9.94. The van der Waals surface area contributed by atoms with E-state index in [-0.39, 0.29) is 24.2 Å². The van der Waals surface area contributed by atoms with Crippen molar-refractivity contribution in [2.75, 3.05) is 25.1 Å². The van der Waals surface area contributed by atoms with Gasteiger partial charge in [0.15, 0.2) is 0 Å². The van der Waals surface area contributed by atoms with Crippen LogP contribution in [0, 0.1) is 5.92 Å². The van der Waals surface area contributed by atoms with Crippen molar-refractivity contribution in [3.8, 4) is 0 Å². The molecule has 2 aromatic rings. The third kappa shape index (κ3) is 5.28. The zero-order valence-corrected chi connectivity index (χ0v) is 17.3. The van der Waals surface area contributed by atoms with Gasteiger partial charge in [-0.25, -0.2) is 9.97 Å². The standard InChI is InChI=1S/C20H23BrN4O3/c1-28-18(26)13-17(15-4-2-5-16(21)12-15)24-19(27)14-6-10-25(11-7-14)20-22-8-3-9-23-20/h2-5,8-9,12,14,17H,6-7,10-11,13H2,1H3,(H,24,27). The Bertz CT molecular complexity index is 810. The molecule has 8 heteroatoms. The second-order valence-electron chi connectivity index (χ2n) is 6.71. The maximum atomic E-state index is 12.9. The summed E-state index contributed by atoms with van der Waals surface area (Å²) in [6, 6.07) is 8.95. The number of piperidine rings is 1. The largest absolute Gasteiger partial charge is 0.469 e. The number of halogens is 1. The third-order valence-corrected chi connectivity index (χ3v) is 5.36. The summed E-state index contributed by atoms with van der Waals surface area (Å²) >= 11 is 3.44. The lowest BCUT2D eigenvalue weighted by Crippen LogP contribution is -2.42. The highest BCUT2D eigenvalue weighted by atomic mass is 79.9. The van der Waals surface area contributed by atoms with E-state index in [1.54, 1.807) is 18.5 Å². The lowest BCUT2D eigenvalue weighted by Gasteiger charge is -2.32. The molecule has 1 unspecified atom stereocenters. The Labute approximate surface area is 172 Å². The summed E-state index contributed by atoms with van der Waals surface area (Å²) in [5.74, 6) is 0.190. The minimum absolute atomic E-state index is 0.0393. The van der Waals surface area contributed by atoms with Gasteiger partial charge < -0.3 is 15.0 Å². The first-order chi connectivity index (χ1) is 13.6. The molecule has 1 aromatic carbocycles. The first-order valence-electron chi connectivity index (χ1n) is 9.21. The van der Waals surface area contributed by atoms with Gasteiger partial charge in [0.05, 0.1) is 19.6 Å². The monoisotopic (exact) mass is 446 g/mol. The maximum Gasteiger partial charge on any atom is 0.307 e. The van der Waals surface area contributed by atoms with E-state index < -0.39 is 6.04 Å². The van der Waals surface area contributed by atoms with Crippen molar-refractivity contribution in [1.29, 1.82) is 0 Å². The van der Waals surface area contributed by atoms with Crippen LogP contribution in [0.3, 0.4) is 0 Å². The van der Waals surface area contributed by atoms with Crippen molar-refractivity contribution in [3.63, 3.8) is 0 Å². The molecule has 148 valence electrons. The molecule has 0 radical (unpaired) electrons. The highest BCUT2D eigenvalue weighted by molar-refractivity contribution is 9.10. The number of rotatable bonds is 6. The topological polar surface area (TPSA) is 84.4 Å². The molecule has 1 atom stereocenters. The number of amides is 1. The number of methoxy groups -OCH3 is 1. The van der Waals surface area contributed by atoms with E-state index in [1.165, 1.54) is 7.11 Å². The predicted molar refractivity (Wildman–Crippen MR) is 109 cm³/mol. The van der Waals surface area contributed by atoms with Crippen LogP contribution in [-0.4, -0.2) is 42.0 Å². The first-order valence-corrected chi connectivity index (χ1v) is 10.0. The quantitative estimate of drug-likeness (QED) is 0.686. The zero-order valence-electron chi connectivity index (χ0n) is 15.7. The van der Waals surface area contributed by atoms with Gasteiger partial charge in [0.2, 0.25) is 11.9 Å². The number of esters is 1. The minimum Gasteiger partial charge on any atom is -0.469 e. The SMILES string of the molecule is COC(=O)CC(NC(=O)C1CCN(c2ncccn2)CC1)c1cccc(Br)c1. The summed E-state index contributed by atoms with van der Waals surface area (Å²) in [7, 11) is 1.35. The highest BCUT2D eigenvalue weighted by Gasteiger charge is 2.28. The summed E-state index contributed by atoms with van der Waals surface area (Å²) in [5, 5.41) is 3.04. The molecule has 1 aromatic heterocycles. The molecule has 7 nitrogen and oxygen atoms in total. The zero-order chi connectivity index (χ0) is 19.9. The van der Waals surface area contributed by atoms with Gasteiger partial charge in [-0.3, -0.25) is 9.59 Å². The molecule has 0 spiro atoms. The number of hydrogen-bond acceptors (Lipinski definition) is 6. The number of carbonyl (C=O) groups excluding carboxylic acids is 2. The van der Waals surface area contributed by atoms with Crippen LogP contribution in [0.2, 0.25) is 0 Å². The van der Waals surface area contributed by atoms with Gasteiger partial charge in [-0.1, -0.05) is 28.1 Å². The Hall–Kier alpha value is -2.48. The average Bonchev–Trinajstić information content (AvgIpc) is 2.74. The normalized spacial score (nSPS) is 15.7. The highest BCUT2D eigenvalue weighted by Crippen LogP contribution is 2.25. The molecular weight excluding hydrogens is 424 g/mol. The summed E-state index contributed by atoms with van der Waals surface area (Å²) < 4.78 is 5.69. The van der Waals surface area contributed by atoms with E-state index >= 15 is 0 Å². The fraction of sp³-hybridized carbons (Fsp3) is 0.400. The number of carbonyl (C=O) groups is 2. The van der Waals surface area contributed by atoms with Crippen LogP contribution >= 0.6 is 15.9 Å². The number of ether oxygens (including phenoxy) is 1. The average molecular weight is 447 g/mol. The molecule has 3 rings (SSSR count). The van der Waals surface area contributed by atoms with Crippen LogP contribution < -0.4 is 10.2 Å². The van der Waals surface area contributed by atoms with E-state index in [2.05, 4.69) is 36.1 Å². The van der Waals surface area contributed by atoms with Gasteiger partial charge in [-0.2, -0.15) is 0 Å². The van der Waals surface area contributed by atoms with Crippen molar-refractivity contribution in [2.24, 2.45) is 5.92 Å². The molecule has 1 aliphatic rings. The molecule has 1 saturated heterocycles. The Morgan fingerprint density at radius 3 is 2.61 bits per heavy atom. The summed E-state index contributed by atoms with van der Waals surface area (Å²) in [6.07, 6.45) is 4.96. The van der Waals surface area contributed by atoms with Crippen molar-refractivity contribution in [1.82, 2.24) is 15.3 Å². The Balaban J connectivity index is 1.63. The summed E-state index contributed by atoms with van der Waals surface area (Å²) in [5.41, 5.74) is 0.864. The van der Waals surface area contributed by atoms with Crippen LogP contribution in [0.5, 0.6) is 0 Å². The number of benzene rings is 1. The molecule has 1 aliphatic heterocycles. The predicted octanol–water partition coefficient (Wildman–Crippen LogP) is 2.88. The van der Waals surface area contributed by atoms with Crippen molar-refractivity contribution >= 4 is 33.8 Å². The van der Waals surface area contributed by atoms with Gasteiger partial charge in [0.25, 0.3) is 0 Å². The number of hydrogen-bond donors (Lipinski definition) is 1. The molecular formula is C20H23BrN4O3. The number of aromatic nitrogens is 2. The third-order valence-electron chi connectivity index (χ3n) is 4.87. The van der Waals surface area contributed by atoms with E-state index in [9.17, 15) is 9.59 Å². The van der Waals surface area contributed by atoms with E-state index in [0.29, 0.717) is 18.8 Å². The van der Waals surface area contributed by atoms with Crippen LogP contribution in [0.25, 0.3) is 0 Å². The van der Waals surface area contributed by atoms with Gasteiger partial charge in [0.1, 0.15) is 0 Å². The van der Waals surface area contributed by atoms with Gasteiger partial charge >= 0.3 is 5.97 Å². The van der Waals surface area contributed by atoms with Gasteiger partial charge in [-0.05, 0) is 36.6 Å². The van der Waals surface area contributed by atoms with Crippen LogP contribution in [0.1, 0.15) is 30.9 Å². The fourth-order valence-electron chi connectivity index (χ4n) is 3.31. The van der Waals surface area contributed by atoms with Crippen molar-refractivity contribution in [2.45, 2.75) is 25.3 Å². The van der Waals surface area contributed by atoms with Gasteiger partial charge in [0, 0.05) is 35.9 Å². The molecule has 1 fully saturated rings. The fourth-order valence-corrected chi connectivity index (χ4v) is 3.73. The minimum atomic E-state index is -0.423. The van der Waals surface area contributed by atoms with Crippen LogP contribution in [0.15, 0.2) is 47.2 Å². The molecule has 2 heterocycles. The van der Waals surface area contributed by atoms with E-state index in [4.69, 9.17) is 4.74 Å². The van der Waals surface area contributed by atoms with Crippen LogP contribution in [-0.2, 0) is 14.3 Å². The second kappa shape index (κ2) is 9.64. The van der Waals surface area contributed by atoms with Crippen LogP contribution in [0.4, 0.5) is 5.95 Å². The summed E-state index contributed by atoms with van der Waals surface area (Å²) in [6.45, 7) is 1.45. The second-order valence-corrected chi connectivity index (χ2v) is 7.62. The Morgan fingerprint density at radius 1 is 1.25 bits per heavy atom. The number of anilines is 1. The maximum absolute atomic E-state index is 12.9. The molecule has 1 N–H and O–H groups in total. The van der Waals surface area contributed by atoms with E-state index in [0.717, 1.165) is 23.1 Å². The molecule has 1 amide bonds. The van der Waals surface area contributed by atoms with Crippen molar-refractivity contribution < 1.29 is 14.3 Å². The molecule has 0 aliphatic carbocycles. The summed E-state index contributed by atoms with van der Waals surface area (Å²) in [4.78, 5) is 35.3. The molecule has 28 heavy (non-hydrogen) atoms. The molecule has 0 saturated carbocycles. The smallest absolute Gasteiger partial charge is 0.307 e.